The van der Waals surface area contributed by atoms with Gasteiger partial charge in [-0.05, 0) is 33.8 Å². The van der Waals surface area contributed by atoms with E-state index in [0.29, 0.717) is 19.6 Å². The third-order valence-corrected chi connectivity index (χ3v) is 3.16. The molecule has 2 atom stereocenters. The molecule has 0 amide bonds. The smallest absolute Gasteiger partial charge is 0.466 e. The molecule has 0 aromatic rings. The molecule has 0 radical (unpaired) electrons. The molecule has 23 heavy (non-hydrogen) atoms. The lowest BCUT2D eigenvalue weighted by Gasteiger charge is -2.22. The third kappa shape index (κ3) is 7.99. The molecular weight excluding hydrogens is 304 g/mol. The number of allylic oxidation sites excluding steroid dienone is 1. The van der Waals surface area contributed by atoms with Crippen molar-refractivity contribution in [2.45, 2.75) is 52.4 Å². The van der Waals surface area contributed by atoms with E-state index < -0.39 is 11.9 Å². The molecule has 1 aliphatic rings. The van der Waals surface area contributed by atoms with Crippen LogP contribution >= 0.6 is 0 Å². The van der Waals surface area contributed by atoms with Crippen molar-refractivity contribution in [1.29, 1.82) is 0 Å². The highest BCUT2D eigenvalue weighted by Crippen LogP contribution is 2.28. The zero-order chi connectivity index (χ0) is 17.3. The Morgan fingerprint density at radius 1 is 1.26 bits per heavy atom. The van der Waals surface area contributed by atoms with Crippen molar-refractivity contribution < 1.29 is 33.3 Å². The number of carbonyl (C=O) groups is 2. The number of hydrogen-bond donors (Lipinski definition) is 0. The summed E-state index contributed by atoms with van der Waals surface area (Å²) in [6.07, 6.45) is 1.25. The average Bonchev–Trinajstić information content (AvgIpc) is 2.85. The van der Waals surface area contributed by atoms with Gasteiger partial charge in [-0.1, -0.05) is 5.57 Å². The topological polar surface area (TPSA) is 80.3 Å². The molecule has 0 aliphatic carbocycles. The van der Waals surface area contributed by atoms with Crippen LogP contribution in [-0.2, 0) is 28.5 Å². The molecule has 0 spiro atoms. The van der Waals surface area contributed by atoms with Crippen LogP contribution in [-0.4, -0.2) is 50.4 Å². The molecule has 0 aromatic carbocycles. The summed E-state index contributed by atoms with van der Waals surface area (Å²) in [7, 11) is 0. The van der Waals surface area contributed by atoms with Crippen LogP contribution in [0.25, 0.3) is 0 Å². The Morgan fingerprint density at radius 2 is 2.00 bits per heavy atom. The van der Waals surface area contributed by atoms with Gasteiger partial charge in [0, 0.05) is 6.42 Å². The molecule has 1 saturated heterocycles. The van der Waals surface area contributed by atoms with Gasteiger partial charge in [0.2, 0.25) is 0 Å². The first-order chi connectivity index (χ1) is 10.8. The van der Waals surface area contributed by atoms with Crippen molar-refractivity contribution in [3.05, 3.63) is 11.6 Å². The van der Waals surface area contributed by atoms with E-state index in [1.165, 1.54) is 0 Å². The normalized spacial score (nSPS) is 23.2. The van der Waals surface area contributed by atoms with Crippen LogP contribution in [0.15, 0.2) is 11.6 Å². The summed E-state index contributed by atoms with van der Waals surface area (Å²) in [5, 5.41) is 0. The summed E-state index contributed by atoms with van der Waals surface area (Å²) in [4.78, 5) is 22.8. The Kier molecular flexibility index (Phi) is 8.05. The van der Waals surface area contributed by atoms with Crippen molar-refractivity contribution in [3.8, 4) is 0 Å². The van der Waals surface area contributed by atoms with Gasteiger partial charge in [-0.2, -0.15) is 0 Å². The van der Waals surface area contributed by atoms with E-state index in [1.807, 2.05) is 13.8 Å². The predicted octanol–water partition coefficient (Wildman–Crippen LogP) is 2.58. The van der Waals surface area contributed by atoms with Crippen LogP contribution in [0.1, 0.15) is 40.5 Å². The van der Waals surface area contributed by atoms with Gasteiger partial charge < -0.3 is 23.7 Å². The summed E-state index contributed by atoms with van der Waals surface area (Å²) < 4.78 is 26.0. The van der Waals surface area contributed by atoms with E-state index in [2.05, 4.69) is 0 Å². The highest BCUT2D eigenvalue weighted by molar-refractivity contribution is 5.69. The van der Waals surface area contributed by atoms with Crippen LogP contribution in [0.3, 0.4) is 0 Å². The van der Waals surface area contributed by atoms with Gasteiger partial charge in [-0.25, -0.2) is 4.79 Å². The molecule has 0 bridgehead atoms. The lowest BCUT2D eigenvalue weighted by molar-refractivity contribution is -0.170. The number of esters is 1. The molecule has 1 rings (SSSR count). The minimum atomic E-state index is -0.868. The van der Waals surface area contributed by atoms with Crippen LogP contribution in [0.4, 0.5) is 4.79 Å². The average molecular weight is 330 g/mol. The van der Waals surface area contributed by atoms with Gasteiger partial charge in [0.1, 0.15) is 19.3 Å². The molecule has 7 heteroatoms. The maximum absolute atomic E-state index is 11.4. The molecule has 7 nitrogen and oxygen atoms in total. The molecule has 0 aromatic heterocycles. The molecule has 132 valence electrons. The first-order valence-electron chi connectivity index (χ1n) is 7.75. The number of carbonyl (C=O) groups excluding carboxylic acids is 2. The Balaban J connectivity index is 2.24. The summed E-state index contributed by atoms with van der Waals surface area (Å²) >= 11 is 0. The fraction of sp³-hybridized carbons (Fsp3) is 0.750. The Bertz CT molecular complexity index is 428. The maximum atomic E-state index is 11.4. The van der Waals surface area contributed by atoms with Crippen LogP contribution in [0, 0.1) is 0 Å². The van der Waals surface area contributed by atoms with E-state index in [-0.39, 0.29) is 31.7 Å². The lowest BCUT2D eigenvalue weighted by atomic mass is 10.2. The highest BCUT2D eigenvalue weighted by Gasteiger charge is 2.38. The van der Waals surface area contributed by atoms with Gasteiger partial charge in [0.15, 0.2) is 5.79 Å². The van der Waals surface area contributed by atoms with Crippen LogP contribution in [0.5, 0.6) is 0 Å². The molecular formula is C16H26O7. The molecule has 2 unspecified atom stereocenters. The third-order valence-electron chi connectivity index (χ3n) is 3.16. The van der Waals surface area contributed by atoms with Gasteiger partial charge in [-0.3, -0.25) is 4.79 Å². The van der Waals surface area contributed by atoms with Crippen molar-refractivity contribution in [3.63, 3.8) is 0 Å². The van der Waals surface area contributed by atoms with Gasteiger partial charge in [-0.15, -0.1) is 0 Å². The Morgan fingerprint density at radius 3 is 2.65 bits per heavy atom. The number of hydrogen-bond acceptors (Lipinski definition) is 7. The second kappa shape index (κ2) is 9.52. The minimum absolute atomic E-state index is 0.0443. The monoisotopic (exact) mass is 330 g/mol. The maximum Gasteiger partial charge on any atom is 0.508 e. The fourth-order valence-electron chi connectivity index (χ4n) is 1.94. The Labute approximate surface area is 136 Å². The predicted molar refractivity (Wildman–Crippen MR) is 81.8 cm³/mol. The number of ether oxygens (including phenoxy) is 5. The van der Waals surface area contributed by atoms with Crippen molar-refractivity contribution in [2.24, 2.45) is 0 Å². The van der Waals surface area contributed by atoms with E-state index in [9.17, 15) is 9.59 Å². The quantitative estimate of drug-likeness (QED) is 0.500. The van der Waals surface area contributed by atoms with E-state index in [1.54, 1.807) is 19.9 Å². The largest absolute Gasteiger partial charge is 0.508 e. The van der Waals surface area contributed by atoms with Crippen LogP contribution < -0.4 is 0 Å². The van der Waals surface area contributed by atoms with E-state index in [4.69, 9.17) is 23.7 Å². The second-order valence-electron chi connectivity index (χ2n) is 5.64. The molecule has 0 saturated carbocycles. The van der Waals surface area contributed by atoms with E-state index in [0.717, 1.165) is 5.57 Å². The highest BCUT2D eigenvalue weighted by atomic mass is 16.8. The fourth-order valence-corrected chi connectivity index (χ4v) is 1.94. The summed E-state index contributed by atoms with van der Waals surface area (Å²) in [5.74, 6) is -1.16. The Hall–Kier alpha value is -1.60. The summed E-state index contributed by atoms with van der Waals surface area (Å²) in [6, 6.07) is 0. The second-order valence-corrected chi connectivity index (χ2v) is 5.64. The molecule has 1 aliphatic heterocycles. The molecule has 1 heterocycles. The standard InChI is InChI=1S/C16H26O7/c1-5-19-14(17)6-8-16(4)22-11-13(23-16)10-21-15(18)20-9-7-12(2)3/h7,13H,5-6,8-11H2,1-4H3. The first-order valence-corrected chi connectivity index (χ1v) is 7.75. The van der Waals surface area contributed by atoms with Crippen molar-refractivity contribution >= 4 is 12.1 Å². The van der Waals surface area contributed by atoms with Gasteiger partial charge in [0.25, 0.3) is 0 Å². The zero-order valence-corrected chi connectivity index (χ0v) is 14.3. The lowest BCUT2D eigenvalue weighted by Crippen LogP contribution is -2.29. The van der Waals surface area contributed by atoms with E-state index >= 15 is 0 Å². The molecule has 0 N–H and O–H groups in total. The first kappa shape index (κ1) is 19.4. The zero-order valence-electron chi connectivity index (χ0n) is 14.3. The van der Waals surface area contributed by atoms with Crippen molar-refractivity contribution in [2.75, 3.05) is 26.4 Å². The minimum Gasteiger partial charge on any atom is -0.466 e. The SMILES string of the molecule is CCOC(=O)CCC1(C)OCC(COC(=O)OCC=C(C)C)O1. The van der Waals surface area contributed by atoms with Crippen LogP contribution in [0.2, 0.25) is 0 Å². The summed E-state index contributed by atoms with van der Waals surface area (Å²) in [6.45, 7) is 8.20. The molecule has 1 fully saturated rings. The van der Waals surface area contributed by atoms with Gasteiger partial charge >= 0.3 is 12.1 Å². The van der Waals surface area contributed by atoms with Gasteiger partial charge in [0.05, 0.1) is 19.6 Å². The van der Waals surface area contributed by atoms with Crippen molar-refractivity contribution in [1.82, 2.24) is 0 Å². The number of rotatable bonds is 8. The summed E-state index contributed by atoms with van der Waals surface area (Å²) in [5.41, 5.74) is 1.06.